The molecule has 5 rings (SSSR count). The van der Waals surface area contributed by atoms with Crippen molar-refractivity contribution in [2.75, 3.05) is 18.5 Å². The fourth-order valence-corrected chi connectivity index (χ4v) is 5.58. The second-order valence-corrected chi connectivity index (χ2v) is 11.0. The first kappa shape index (κ1) is 22.9. The molecule has 0 radical (unpaired) electrons. The molecule has 3 unspecified atom stereocenters. The zero-order valence-corrected chi connectivity index (χ0v) is 19.4. The van der Waals surface area contributed by atoms with E-state index in [-0.39, 0.29) is 11.9 Å². The molecule has 2 saturated heterocycles. The Labute approximate surface area is 194 Å². The van der Waals surface area contributed by atoms with Gasteiger partial charge in [0, 0.05) is 6.04 Å². The number of hydrogen-bond donors (Lipinski definition) is 3. The summed E-state index contributed by atoms with van der Waals surface area (Å²) in [6.07, 6.45) is 5.98. The highest BCUT2D eigenvalue weighted by Crippen LogP contribution is 2.56. The lowest BCUT2D eigenvalue weighted by atomic mass is 10.2. The van der Waals surface area contributed by atoms with Gasteiger partial charge in [-0.1, -0.05) is 12.8 Å². The summed E-state index contributed by atoms with van der Waals surface area (Å²) in [6, 6.07) is 0.347. The molecule has 3 aliphatic rings. The number of carbonyl (C=O) groups is 1. The average Bonchev–Trinajstić information content (AvgIpc) is 3.52. The zero-order chi connectivity index (χ0) is 23.2. The quantitative estimate of drug-likeness (QED) is 0.290. The Morgan fingerprint density at radius 3 is 2.76 bits per heavy atom. The monoisotopic (exact) mass is 501 g/mol. The Morgan fingerprint density at radius 2 is 2.06 bits per heavy atom. The van der Waals surface area contributed by atoms with E-state index in [1.165, 1.54) is 12.8 Å². The van der Waals surface area contributed by atoms with E-state index in [0.717, 1.165) is 18.2 Å². The van der Waals surface area contributed by atoms with Crippen molar-refractivity contribution in [3.8, 4) is 0 Å². The summed E-state index contributed by atoms with van der Waals surface area (Å²) in [5.41, 5.74) is 0.545. The summed E-state index contributed by atoms with van der Waals surface area (Å²) < 4.78 is 29.9. The van der Waals surface area contributed by atoms with Crippen LogP contribution in [0.15, 0.2) is 6.20 Å². The van der Waals surface area contributed by atoms with Crippen molar-refractivity contribution in [2.24, 2.45) is 0 Å². The smallest absolute Gasteiger partial charge is 0.361 e. The molecule has 2 aliphatic heterocycles. The maximum Gasteiger partial charge on any atom is 0.361 e. The van der Waals surface area contributed by atoms with E-state index in [0.29, 0.717) is 30.3 Å². The summed E-state index contributed by atoms with van der Waals surface area (Å²) in [5.74, 6) is -0.0550. The molecule has 3 atom stereocenters. The highest BCUT2D eigenvalue weighted by Gasteiger charge is 2.55. The zero-order valence-electron chi connectivity index (χ0n) is 17.7. The van der Waals surface area contributed by atoms with Crippen molar-refractivity contribution in [3.63, 3.8) is 0 Å². The topological polar surface area (TPSA) is 158 Å². The largest absolute Gasteiger partial charge is 0.462 e. The number of fused-ring (bicyclic) bond motifs is 1. The van der Waals surface area contributed by atoms with Gasteiger partial charge in [-0.2, -0.15) is 15.1 Å². The number of aromatic nitrogens is 4. The predicted octanol–water partition coefficient (Wildman–Crippen LogP) is 2.35. The minimum absolute atomic E-state index is 0.0956. The number of nitrogens with one attached hydrogen (secondary N) is 1. The van der Waals surface area contributed by atoms with Crippen LogP contribution in [0.1, 0.15) is 51.2 Å². The highest BCUT2D eigenvalue weighted by molar-refractivity contribution is 7.53. The third-order valence-corrected chi connectivity index (χ3v) is 8.08. The molecule has 1 aliphatic carbocycles. The Bertz CT molecular complexity index is 1100. The van der Waals surface area contributed by atoms with Gasteiger partial charge in [0.2, 0.25) is 10.6 Å². The van der Waals surface area contributed by atoms with E-state index in [1.807, 2.05) is 0 Å². The standard InChI is InChI=1S/C19H25ClN5O7P/c20-18-23-16(22-11-3-1-2-4-11)13-8-21-25(17(13)24-18)14-6-5-12(32-14)9-31-19(33(27,28)29)7-15(26)30-10-19/h8,11-12,14H,1-7,9-10H2,(H,22,23,24)(H2,27,28,29). The van der Waals surface area contributed by atoms with Crippen LogP contribution in [0.4, 0.5) is 5.82 Å². The SMILES string of the molecule is O=C1CC(OCC2CCC(n3ncc4c(NC5CCCC5)nc(Cl)nc43)O2)(P(=O)(O)O)CO1. The van der Waals surface area contributed by atoms with Crippen LogP contribution in [0, 0.1) is 0 Å². The molecular formula is C19H25ClN5O7P. The van der Waals surface area contributed by atoms with E-state index in [1.54, 1.807) is 10.9 Å². The van der Waals surface area contributed by atoms with Crippen LogP contribution in [0.2, 0.25) is 5.28 Å². The van der Waals surface area contributed by atoms with Crippen molar-refractivity contribution in [3.05, 3.63) is 11.5 Å². The van der Waals surface area contributed by atoms with Crippen molar-refractivity contribution in [1.29, 1.82) is 0 Å². The van der Waals surface area contributed by atoms with Gasteiger partial charge in [-0.25, -0.2) is 4.68 Å². The Morgan fingerprint density at radius 1 is 1.27 bits per heavy atom. The van der Waals surface area contributed by atoms with Gasteiger partial charge in [-0.15, -0.1) is 0 Å². The van der Waals surface area contributed by atoms with Crippen molar-refractivity contribution < 1.29 is 33.4 Å². The number of esters is 1. The molecule has 33 heavy (non-hydrogen) atoms. The maximum absolute atomic E-state index is 11.9. The highest BCUT2D eigenvalue weighted by atomic mass is 35.5. The van der Waals surface area contributed by atoms with Gasteiger partial charge in [0.05, 0.1) is 30.7 Å². The molecule has 0 spiro atoms. The van der Waals surface area contributed by atoms with Crippen LogP contribution < -0.4 is 5.32 Å². The summed E-state index contributed by atoms with van der Waals surface area (Å²) in [5, 5.41) is 6.79. The Balaban J connectivity index is 1.29. The molecule has 2 aromatic rings. The van der Waals surface area contributed by atoms with Gasteiger partial charge in [0.15, 0.2) is 11.9 Å². The van der Waals surface area contributed by atoms with Crippen molar-refractivity contribution in [1.82, 2.24) is 19.7 Å². The van der Waals surface area contributed by atoms with E-state index in [4.69, 9.17) is 25.8 Å². The normalized spacial score (nSPS) is 28.6. The van der Waals surface area contributed by atoms with Crippen molar-refractivity contribution in [2.45, 2.75) is 68.7 Å². The molecule has 14 heteroatoms. The first-order chi connectivity index (χ1) is 15.7. The molecule has 3 fully saturated rings. The van der Waals surface area contributed by atoms with Gasteiger partial charge in [-0.3, -0.25) is 9.36 Å². The van der Waals surface area contributed by atoms with Crippen LogP contribution in [0.25, 0.3) is 11.0 Å². The molecule has 1 saturated carbocycles. The van der Waals surface area contributed by atoms with Crippen LogP contribution in [0.5, 0.6) is 0 Å². The lowest BCUT2D eigenvalue weighted by Crippen LogP contribution is -2.36. The number of anilines is 1. The predicted molar refractivity (Wildman–Crippen MR) is 116 cm³/mol. The molecule has 12 nitrogen and oxygen atoms in total. The van der Waals surface area contributed by atoms with Gasteiger partial charge >= 0.3 is 13.6 Å². The number of nitrogens with zero attached hydrogens (tertiary/aromatic N) is 4. The fourth-order valence-electron chi connectivity index (χ4n) is 4.61. The maximum atomic E-state index is 11.9. The van der Waals surface area contributed by atoms with Gasteiger partial charge < -0.3 is 29.3 Å². The summed E-state index contributed by atoms with van der Waals surface area (Å²) >= 11 is 6.19. The van der Waals surface area contributed by atoms with Gasteiger partial charge in [-0.05, 0) is 37.3 Å². The molecule has 0 aromatic carbocycles. The molecule has 4 heterocycles. The van der Waals surface area contributed by atoms with Crippen LogP contribution >= 0.6 is 19.2 Å². The molecule has 0 bridgehead atoms. The molecule has 180 valence electrons. The minimum Gasteiger partial charge on any atom is -0.462 e. The van der Waals surface area contributed by atoms with Crippen LogP contribution in [-0.2, 0) is 23.6 Å². The second kappa shape index (κ2) is 8.75. The van der Waals surface area contributed by atoms with Gasteiger partial charge in [0.25, 0.3) is 0 Å². The number of halogens is 1. The van der Waals surface area contributed by atoms with E-state index in [2.05, 4.69) is 20.4 Å². The number of rotatable bonds is 7. The minimum atomic E-state index is -4.74. The van der Waals surface area contributed by atoms with E-state index >= 15 is 0 Å². The number of hydrogen-bond acceptors (Lipinski definition) is 9. The van der Waals surface area contributed by atoms with Gasteiger partial charge in [0.1, 0.15) is 12.4 Å². The summed E-state index contributed by atoms with van der Waals surface area (Å²) in [4.78, 5) is 39.6. The van der Waals surface area contributed by atoms with E-state index < -0.39 is 44.3 Å². The molecular weight excluding hydrogens is 477 g/mol. The Kier molecular flexibility index (Phi) is 6.09. The van der Waals surface area contributed by atoms with Crippen LogP contribution in [0.3, 0.4) is 0 Å². The lowest BCUT2D eigenvalue weighted by molar-refractivity contribution is -0.137. The lowest BCUT2D eigenvalue weighted by Gasteiger charge is -2.28. The first-order valence-corrected chi connectivity index (χ1v) is 12.9. The molecule has 2 aromatic heterocycles. The summed E-state index contributed by atoms with van der Waals surface area (Å²) in [7, 11) is -4.74. The van der Waals surface area contributed by atoms with Crippen molar-refractivity contribution >= 4 is 42.0 Å². The number of ether oxygens (including phenoxy) is 3. The summed E-state index contributed by atoms with van der Waals surface area (Å²) in [6.45, 7) is -0.579. The Hall–Kier alpha value is -1.82. The number of cyclic esters (lactones) is 1. The molecule has 0 amide bonds. The molecule has 3 N–H and O–H groups in total. The van der Waals surface area contributed by atoms with Crippen LogP contribution in [-0.4, -0.2) is 66.2 Å². The second-order valence-electron chi connectivity index (χ2n) is 8.72. The first-order valence-electron chi connectivity index (χ1n) is 10.9. The third-order valence-electron chi connectivity index (χ3n) is 6.43. The number of carbonyl (C=O) groups excluding carboxylic acids is 1. The average molecular weight is 502 g/mol. The third kappa shape index (κ3) is 4.48. The van der Waals surface area contributed by atoms with E-state index in [9.17, 15) is 19.1 Å². The fraction of sp³-hybridized carbons (Fsp3) is 0.684.